The number of pyridine rings is 1. The molecule has 2 N–H and O–H groups in total. The highest BCUT2D eigenvalue weighted by molar-refractivity contribution is 7.73. The summed E-state index contributed by atoms with van der Waals surface area (Å²) >= 11 is 6.35. The van der Waals surface area contributed by atoms with Crippen LogP contribution in [-0.4, -0.2) is 15.2 Å². The van der Waals surface area contributed by atoms with Gasteiger partial charge in [0.2, 0.25) is 5.13 Å². The van der Waals surface area contributed by atoms with Gasteiger partial charge in [-0.15, -0.1) is 5.10 Å². The number of anilines is 1. The maximum Gasteiger partial charge on any atom is 0.204 e. The molecular weight excluding hydrogens is 228 g/mol. The first-order valence-corrected chi connectivity index (χ1v) is 5.68. The number of H-pyrrole nitrogens is 1. The standard InChI is InChI=1S/C9H10N4S2/c1-6-3-2-4-7(11-6)5-10-8-12-13-9(14)15-8/h2-4H,5H2,1H3,(H,10,12)(H,13,14). The molecule has 0 unspecified atom stereocenters. The van der Waals surface area contributed by atoms with Gasteiger partial charge in [-0.05, 0) is 31.3 Å². The molecule has 0 spiro atoms. The molecule has 6 heteroatoms. The predicted molar refractivity (Wildman–Crippen MR) is 63.6 cm³/mol. The smallest absolute Gasteiger partial charge is 0.204 e. The lowest BCUT2D eigenvalue weighted by atomic mass is 10.3. The van der Waals surface area contributed by atoms with E-state index in [2.05, 4.69) is 20.5 Å². The van der Waals surface area contributed by atoms with Crippen LogP contribution in [0.15, 0.2) is 18.2 Å². The Bertz CT molecular complexity index is 503. The molecule has 0 saturated heterocycles. The van der Waals surface area contributed by atoms with Gasteiger partial charge in [-0.1, -0.05) is 17.4 Å². The zero-order valence-corrected chi connectivity index (χ0v) is 9.78. The number of aromatic amines is 1. The quantitative estimate of drug-likeness (QED) is 0.807. The van der Waals surface area contributed by atoms with Crippen LogP contribution in [0, 0.1) is 10.9 Å². The summed E-state index contributed by atoms with van der Waals surface area (Å²) < 4.78 is 0.676. The number of aromatic nitrogens is 3. The second-order valence-corrected chi connectivity index (χ2v) is 4.71. The normalized spacial score (nSPS) is 10.2. The first-order valence-electron chi connectivity index (χ1n) is 4.46. The summed E-state index contributed by atoms with van der Waals surface area (Å²) in [6, 6.07) is 5.94. The molecule has 15 heavy (non-hydrogen) atoms. The van der Waals surface area contributed by atoms with Crippen molar-refractivity contribution in [3.8, 4) is 0 Å². The highest BCUT2D eigenvalue weighted by Crippen LogP contribution is 2.11. The van der Waals surface area contributed by atoms with Gasteiger partial charge < -0.3 is 5.32 Å². The first-order chi connectivity index (χ1) is 7.24. The van der Waals surface area contributed by atoms with E-state index in [0.29, 0.717) is 10.5 Å². The lowest BCUT2D eigenvalue weighted by Gasteiger charge is -2.01. The Kier molecular flexibility index (Phi) is 3.08. The number of nitrogens with one attached hydrogen (secondary N) is 2. The van der Waals surface area contributed by atoms with Gasteiger partial charge in [-0.2, -0.15) is 0 Å². The summed E-state index contributed by atoms with van der Waals surface area (Å²) in [5, 5.41) is 10.7. The average Bonchev–Trinajstić information content (AvgIpc) is 2.62. The van der Waals surface area contributed by atoms with Gasteiger partial charge in [0.15, 0.2) is 3.95 Å². The van der Waals surface area contributed by atoms with E-state index < -0.39 is 0 Å². The second-order valence-electron chi connectivity index (χ2n) is 3.04. The zero-order valence-electron chi connectivity index (χ0n) is 8.15. The fourth-order valence-electron chi connectivity index (χ4n) is 1.17. The minimum Gasteiger partial charge on any atom is -0.354 e. The number of rotatable bonds is 3. The van der Waals surface area contributed by atoms with E-state index in [-0.39, 0.29) is 0 Å². The molecule has 0 amide bonds. The molecule has 0 aliphatic carbocycles. The van der Waals surface area contributed by atoms with Crippen LogP contribution in [0.5, 0.6) is 0 Å². The van der Waals surface area contributed by atoms with E-state index in [1.807, 2.05) is 25.1 Å². The van der Waals surface area contributed by atoms with Crippen molar-refractivity contribution in [1.82, 2.24) is 15.2 Å². The molecule has 0 fully saturated rings. The fourth-order valence-corrected chi connectivity index (χ4v) is 1.95. The lowest BCUT2D eigenvalue weighted by Crippen LogP contribution is -2.01. The van der Waals surface area contributed by atoms with Gasteiger partial charge in [-0.25, -0.2) is 0 Å². The molecule has 0 radical (unpaired) electrons. The SMILES string of the molecule is Cc1cccc(CNc2n[nH]c(=S)s2)n1. The Morgan fingerprint density at radius 2 is 2.40 bits per heavy atom. The van der Waals surface area contributed by atoms with Gasteiger partial charge in [0.25, 0.3) is 0 Å². The third kappa shape index (κ3) is 2.84. The number of hydrogen-bond acceptors (Lipinski definition) is 5. The lowest BCUT2D eigenvalue weighted by molar-refractivity contribution is 0.992. The highest BCUT2D eigenvalue weighted by Gasteiger charge is 1.98. The van der Waals surface area contributed by atoms with E-state index in [1.54, 1.807) is 0 Å². The Morgan fingerprint density at radius 3 is 3.07 bits per heavy atom. The van der Waals surface area contributed by atoms with Gasteiger partial charge in [0.1, 0.15) is 0 Å². The van der Waals surface area contributed by atoms with E-state index in [4.69, 9.17) is 12.2 Å². The van der Waals surface area contributed by atoms with Crippen molar-refractivity contribution in [2.75, 3.05) is 5.32 Å². The summed E-state index contributed by atoms with van der Waals surface area (Å²) in [6.07, 6.45) is 0. The molecule has 4 nitrogen and oxygen atoms in total. The Morgan fingerprint density at radius 1 is 1.53 bits per heavy atom. The number of nitrogens with zero attached hydrogens (tertiary/aromatic N) is 2. The predicted octanol–water partition coefficient (Wildman–Crippen LogP) is 2.52. The van der Waals surface area contributed by atoms with Crippen LogP contribution in [-0.2, 0) is 6.54 Å². The van der Waals surface area contributed by atoms with Crippen LogP contribution in [0.25, 0.3) is 0 Å². The van der Waals surface area contributed by atoms with Crippen molar-refractivity contribution in [1.29, 1.82) is 0 Å². The van der Waals surface area contributed by atoms with Crippen LogP contribution in [0.2, 0.25) is 0 Å². The van der Waals surface area contributed by atoms with E-state index in [9.17, 15) is 0 Å². The number of aryl methyl sites for hydroxylation is 1. The zero-order chi connectivity index (χ0) is 10.7. The average molecular weight is 238 g/mol. The highest BCUT2D eigenvalue weighted by atomic mass is 32.1. The Balaban J connectivity index is 2.02. The molecule has 0 aromatic carbocycles. The molecule has 0 bridgehead atoms. The molecule has 78 valence electrons. The van der Waals surface area contributed by atoms with Crippen LogP contribution >= 0.6 is 23.6 Å². The molecule has 0 saturated carbocycles. The van der Waals surface area contributed by atoms with E-state index >= 15 is 0 Å². The first kappa shape index (κ1) is 10.3. The van der Waals surface area contributed by atoms with Gasteiger partial charge in [0.05, 0.1) is 12.2 Å². The summed E-state index contributed by atoms with van der Waals surface area (Å²) in [5.41, 5.74) is 2.01. The third-order valence-corrected chi connectivity index (χ3v) is 2.85. The van der Waals surface area contributed by atoms with Crippen LogP contribution in [0.1, 0.15) is 11.4 Å². The molecule has 2 heterocycles. The minimum absolute atomic E-state index is 0.664. The largest absolute Gasteiger partial charge is 0.354 e. The van der Waals surface area contributed by atoms with E-state index in [0.717, 1.165) is 16.5 Å². The van der Waals surface area contributed by atoms with Gasteiger partial charge in [-0.3, -0.25) is 10.1 Å². The van der Waals surface area contributed by atoms with Crippen LogP contribution < -0.4 is 5.32 Å². The Labute approximate surface area is 96.4 Å². The maximum atomic E-state index is 4.93. The van der Waals surface area contributed by atoms with Crippen molar-refractivity contribution in [3.63, 3.8) is 0 Å². The Hall–Kier alpha value is -1.27. The second kappa shape index (κ2) is 4.50. The van der Waals surface area contributed by atoms with Crippen LogP contribution in [0.4, 0.5) is 5.13 Å². The summed E-state index contributed by atoms with van der Waals surface area (Å²) in [6.45, 7) is 2.64. The van der Waals surface area contributed by atoms with Crippen molar-refractivity contribution < 1.29 is 0 Å². The molecule has 2 aromatic rings. The third-order valence-electron chi connectivity index (χ3n) is 1.80. The van der Waals surface area contributed by atoms with Crippen LogP contribution in [0.3, 0.4) is 0 Å². The van der Waals surface area contributed by atoms with E-state index in [1.165, 1.54) is 11.3 Å². The fraction of sp³-hybridized carbons (Fsp3) is 0.222. The molecular formula is C9H10N4S2. The molecule has 2 aromatic heterocycles. The maximum absolute atomic E-state index is 4.93. The summed E-state index contributed by atoms with van der Waals surface area (Å²) in [7, 11) is 0. The molecule has 0 atom stereocenters. The number of hydrogen-bond donors (Lipinski definition) is 2. The van der Waals surface area contributed by atoms with Crippen molar-refractivity contribution >= 4 is 28.7 Å². The summed E-state index contributed by atoms with van der Waals surface area (Å²) in [4.78, 5) is 4.37. The monoisotopic (exact) mass is 238 g/mol. The molecule has 2 rings (SSSR count). The van der Waals surface area contributed by atoms with Gasteiger partial charge >= 0.3 is 0 Å². The van der Waals surface area contributed by atoms with Crippen molar-refractivity contribution in [2.24, 2.45) is 0 Å². The van der Waals surface area contributed by atoms with Crippen molar-refractivity contribution in [3.05, 3.63) is 33.5 Å². The molecule has 0 aliphatic rings. The topological polar surface area (TPSA) is 53.6 Å². The molecule has 0 aliphatic heterocycles. The minimum atomic E-state index is 0.664. The summed E-state index contributed by atoms with van der Waals surface area (Å²) in [5.74, 6) is 0. The van der Waals surface area contributed by atoms with Gasteiger partial charge in [0, 0.05) is 5.69 Å². The van der Waals surface area contributed by atoms with Crippen molar-refractivity contribution in [2.45, 2.75) is 13.5 Å².